The zero-order chi connectivity index (χ0) is 18.1. The fraction of sp³-hybridized carbons (Fsp3) is 0.263. The second-order valence-corrected chi connectivity index (χ2v) is 6.47. The third-order valence-electron chi connectivity index (χ3n) is 4.27. The van der Waals surface area contributed by atoms with E-state index in [1.807, 2.05) is 55.7 Å². The van der Waals surface area contributed by atoms with Crippen LogP contribution in [0.3, 0.4) is 0 Å². The minimum absolute atomic E-state index is 0.283. The van der Waals surface area contributed by atoms with Crippen molar-refractivity contribution >= 4 is 29.6 Å². The molecule has 1 aromatic heterocycles. The molecule has 0 radical (unpaired) electrons. The third-order valence-corrected chi connectivity index (χ3v) is 4.59. The number of para-hydroxylation sites is 1. The molecular formula is C19H20ClN3O2. The van der Waals surface area contributed by atoms with E-state index in [9.17, 15) is 9.59 Å². The Hall–Kier alpha value is -2.53. The summed E-state index contributed by atoms with van der Waals surface area (Å²) in [5.74, 6) is -0.283. The van der Waals surface area contributed by atoms with E-state index < -0.39 is 0 Å². The molecule has 2 aromatic rings. The van der Waals surface area contributed by atoms with Crippen molar-refractivity contribution in [3.05, 3.63) is 58.0 Å². The Morgan fingerprint density at radius 3 is 2.60 bits per heavy atom. The summed E-state index contributed by atoms with van der Waals surface area (Å²) in [7, 11) is 0. The van der Waals surface area contributed by atoms with Gasteiger partial charge in [0.2, 0.25) is 0 Å². The fourth-order valence-corrected chi connectivity index (χ4v) is 3.31. The lowest BCUT2D eigenvalue weighted by Gasteiger charge is -2.11. The van der Waals surface area contributed by atoms with Crippen molar-refractivity contribution in [2.45, 2.75) is 27.2 Å². The largest absolute Gasteiger partial charge is 0.329 e. The van der Waals surface area contributed by atoms with Crippen LogP contribution in [0.15, 0.2) is 36.0 Å². The van der Waals surface area contributed by atoms with Gasteiger partial charge in [-0.1, -0.05) is 30.7 Å². The first-order valence-electron chi connectivity index (χ1n) is 8.22. The molecule has 0 saturated carbocycles. The highest BCUT2D eigenvalue weighted by atomic mass is 35.5. The van der Waals surface area contributed by atoms with E-state index in [-0.39, 0.29) is 11.9 Å². The van der Waals surface area contributed by atoms with Crippen molar-refractivity contribution in [3.63, 3.8) is 0 Å². The number of aryl methyl sites for hydroxylation is 1. The van der Waals surface area contributed by atoms with Gasteiger partial charge < -0.3 is 9.88 Å². The van der Waals surface area contributed by atoms with E-state index in [2.05, 4.69) is 5.32 Å². The SMILES string of the molecule is CCCN1C(=O)N/C(=C/c2cc(C)n(-c3ccccc3Cl)c2C)C1=O. The fourth-order valence-electron chi connectivity index (χ4n) is 3.09. The Morgan fingerprint density at radius 1 is 1.20 bits per heavy atom. The monoisotopic (exact) mass is 357 g/mol. The molecule has 1 aliphatic rings. The number of amides is 3. The number of nitrogens with zero attached hydrogens (tertiary/aromatic N) is 2. The summed E-state index contributed by atoms with van der Waals surface area (Å²) in [6.45, 7) is 6.30. The lowest BCUT2D eigenvalue weighted by Crippen LogP contribution is -2.31. The summed E-state index contributed by atoms with van der Waals surface area (Å²) in [4.78, 5) is 25.5. The molecule has 5 nitrogen and oxygen atoms in total. The van der Waals surface area contributed by atoms with Gasteiger partial charge in [0.05, 0.1) is 10.7 Å². The molecule has 1 aromatic carbocycles. The molecule has 0 atom stereocenters. The lowest BCUT2D eigenvalue weighted by molar-refractivity contribution is -0.122. The van der Waals surface area contributed by atoms with Crippen LogP contribution in [0.4, 0.5) is 4.79 Å². The average Bonchev–Trinajstić information content (AvgIpc) is 2.99. The van der Waals surface area contributed by atoms with Gasteiger partial charge >= 0.3 is 6.03 Å². The minimum Gasteiger partial charge on any atom is -0.316 e. The van der Waals surface area contributed by atoms with Crippen molar-refractivity contribution in [1.82, 2.24) is 14.8 Å². The van der Waals surface area contributed by atoms with Crippen molar-refractivity contribution in [2.24, 2.45) is 0 Å². The van der Waals surface area contributed by atoms with Crippen LogP contribution in [-0.2, 0) is 4.79 Å². The molecular weight excluding hydrogens is 338 g/mol. The topological polar surface area (TPSA) is 54.3 Å². The Bertz CT molecular complexity index is 883. The number of carbonyl (C=O) groups is 2. The van der Waals surface area contributed by atoms with Crippen LogP contribution < -0.4 is 5.32 Å². The maximum Gasteiger partial charge on any atom is 0.329 e. The predicted octanol–water partition coefficient (Wildman–Crippen LogP) is 4.05. The van der Waals surface area contributed by atoms with Crippen molar-refractivity contribution in [2.75, 3.05) is 6.54 Å². The van der Waals surface area contributed by atoms with Crippen LogP contribution in [0.25, 0.3) is 11.8 Å². The van der Waals surface area contributed by atoms with Crippen LogP contribution in [-0.4, -0.2) is 28.0 Å². The Morgan fingerprint density at radius 2 is 1.92 bits per heavy atom. The van der Waals surface area contributed by atoms with E-state index in [4.69, 9.17) is 11.6 Å². The molecule has 1 aliphatic heterocycles. The molecule has 130 valence electrons. The number of rotatable bonds is 4. The van der Waals surface area contributed by atoms with E-state index in [1.165, 1.54) is 4.90 Å². The van der Waals surface area contributed by atoms with Gasteiger partial charge in [-0.3, -0.25) is 9.69 Å². The maximum absolute atomic E-state index is 12.4. The highest BCUT2D eigenvalue weighted by Gasteiger charge is 2.32. The summed E-state index contributed by atoms with van der Waals surface area (Å²) in [5, 5.41) is 3.31. The molecule has 1 N–H and O–H groups in total. The van der Waals surface area contributed by atoms with Gasteiger partial charge in [-0.15, -0.1) is 0 Å². The molecule has 2 heterocycles. The number of hydrogen-bond donors (Lipinski definition) is 1. The first kappa shape index (κ1) is 17.3. The second-order valence-electron chi connectivity index (χ2n) is 6.06. The zero-order valence-electron chi connectivity index (χ0n) is 14.5. The quantitative estimate of drug-likeness (QED) is 0.663. The summed E-state index contributed by atoms with van der Waals surface area (Å²) >= 11 is 6.32. The van der Waals surface area contributed by atoms with Gasteiger partial charge in [-0.05, 0) is 50.1 Å². The van der Waals surface area contributed by atoms with Gasteiger partial charge in [0.25, 0.3) is 5.91 Å². The van der Waals surface area contributed by atoms with Gasteiger partial charge in [0, 0.05) is 17.9 Å². The second kappa shape index (κ2) is 6.76. The van der Waals surface area contributed by atoms with Crippen LogP contribution in [0, 0.1) is 13.8 Å². The summed E-state index contributed by atoms with van der Waals surface area (Å²) < 4.78 is 2.04. The van der Waals surface area contributed by atoms with Crippen LogP contribution >= 0.6 is 11.6 Å². The first-order valence-corrected chi connectivity index (χ1v) is 8.60. The number of halogens is 1. The van der Waals surface area contributed by atoms with Gasteiger partial charge in [0.15, 0.2) is 0 Å². The predicted molar refractivity (Wildman–Crippen MR) is 98.8 cm³/mol. The van der Waals surface area contributed by atoms with Crippen molar-refractivity contribution in [1.29, 1.82) is 0 Å². The van der Waals surface area contributed by atoms with Crippen LogP contribution in [0.5, 0.6) is 0 Å². The third kappa shape index (κ3) is 3.07. The lowest BCUT2D eigenvalue weighted by atomic mass is 10.2. The summed E-state index contributed by atoms with van der Waals surface area (Å²) in [6, 6.07) is 9.23. The van der Waals surface area contributed by atoms with Crippen molar-refractivity contribution < 1.29 is 9.59 Å². The van der Waals surface area contributed by atoms with Crippen LogP contribution in [0.1, 0.15) is 30.3 Å². The van der Waals surface area contributed by atoms with Crippen LogP contribution in [0.2, 0.25) is 5.02 Å². The standard InChI is InChI=1S/C19H20ClN3O2/c1-4-9-22-18(24)16(21-19(22)25)11-14-10-12(2)23(13(14)3)17-8-6-5-7-15(17)20/h5-8,10-11H,4,9H2,1-3H3,(H,21,25)/b16-11+. The molecule has 6 heteroatoms. The number of nitrogens with one attached hydrogen (secondary N) is 1. The molecule has 0 bridgehead atoms. The highest BCUT2D eigenvalue weighted by Crippen LogP contribution is 2.27. The maximum atomic E-state index is 12.4. The van der Waals surface area contributed by atoms with Gasteiger partial charge in [0.1, 0.15) is 5.70 Å². The summed E-state index contributed by atoms with van der Waals surface area (Å²) in [6.07, 6.45) is 2.46. The number of benzene rings is 1. The number of urea groups is 1. The first-order chi connectivity index (χ1) is 11.9. The number of hydrogen-bond acceptors (Lipinski definition) is 2. The highest BCUT2D eigenvalue weighted by molar-refractivity contribution is 6.32. The molecule has 0 aliphatic carbocycles. The number of aromatic nitrogens is 1. The molecule has 3 amide bonds. The smallest absolute Gasteiger partial charge is 0.316 e. The molecule has 25 heavy (non-hydrogen) atoms. The van der Waals surface area contributed by atoms with E-state index in [0.29, 0.717) is 17.3 Å². The summed E-state index contributed by atoms with van der Waals surface area (Å²) in [5.41, 5.74) is 4.02. The van der Waals surface area contributed by atoms with E-state index >= 15 is 0 Å². The average molecular weight is 358 g/mol. The van der Waals surface area contributed by atoms with E-state index in [0.717, 1.165) is 29.1 Å². The zero-order valence-corrected chi connectivity index (χ0v) is 15.2. The molecule has 0 unspecified atom stereocenters. The van der Waals surface area contributed by atoms with Gasteiger partial charge in [-0.2, -0.15) is 0 Å². The van der Waals surface area contributed by atoms with Gasteiger partial charge in [-0.25, -0.2) is 4.79 Å². The minimum atomic E-state index is -0.363. The normalized spacial score (nSPS) is 16.0. The Balaban J connectivity index is 2.01. The molecule has 3 rings (SSSR count). The molecule has 1 fully saturated rings. The number of carbonyl (C=O) groups excluding carboxylic acids is 2. The Kier molecular flexibility index (Phi) is 4.68. The number of imide groups is 1. The molecule has 1 saturated heterocycles. The van der Waals surface area contributed by atoms with Crippen molar-refractivity contribution in [3.8, 4) is 5.69 Å². The molecule has 0 spiro atoms. The Labute approximate surface area is 151 Å². The van der Waals surface area contributed by atoms with E-state index in [1.54, 1.807) is 6.08 Å².